The molecule has 1 heterocycles. The highest BCUT2D eigenvalue weighted by Gasteiger charge is 2.17. The smallest absolute Gasteiger partial charge is 0.126 e. The van der Waals surface area contributed by atoms with Gasteiger partial charge in [0.25, 0.3) is 0 Å². The van der Waals surface area contributed by atoms with Crippen molar-refractivity contribution in [2.24, 2.45) is 4.99 Å². The summed E-state index contributed by atoms with van der Waals surface area (Å²) in [6.45, 7) is 21.1. The lowest BCUT2D eigenvalue weighted by Gasteiger charge is -2.32. The molecule has 0 spiro atoms. The molecule has 1 aromatic carbocycles. The molecule has 1 aromatic rings. The summed E-state index contributed by atoms with van der Waals surface area (Å²) in [5.74, 6) is -0.984. The lowest BCUT2D eigenvalue weighted by molar-refractivity contribution is 0.298. The van der Waals surface area contributed by atoms with Gasteiger partial charge in [0.1, 0.15) is 11.6 Å². The fourth-order valence-corrected chi connectivity index (χ4v) is 3.79. The second-order valence-corrected chi connectivity index (χ2v) is 7.90. The highest BCUT2D eigenvalue weighted by molar-refractivity contribution is 6.03. The number of nitrogens with zero attached hydrogens (tertiary/aromatic N) is 2. The molecule has 2 rings (SSSR count). The number of aliphatic imine (C=N–C) groups is 1. The van der Waals surface area contributed by atoms with Gasteiger partial charge in [0.2, 0.25) is 0 Å². The largest absolute Gasteiger partial charge is 0.372 e. The van der Waals surface area contributed by atoms with Gasteiger partial charge in [-0.05, 0) is 63.3 Å². The minimum Gasteiger partial charge on any atom is -0.372 e. The van der Waals surface area contributed by atoms with Crippen molar-refractivity contribution < 1.29 is 8.78 Å². The Hall–Kier alpha value is -2.27. The third-order valence-corrected chi connectivity index (χ3v) is 5.44. The molecule has 5 heteroatoms. The van der Waals surface area contributed by atoms with Crippen LogP contribution in [0.15, 0.2) is 58.4 Å². The van der Waals surface area contributed by atoms with E-state index in [-0.39, 0.29) is 0 Å². The molecule has 0 amide bonds. The number of halogens is 2. The number of piperazine rings is 1. The number of benzene rings is 1. The molecule has 0 bridgehead atoms. The van der Waals surface area contributed by atoms with Crippen LogP contribution < -0.4 is 5.32 Å². The molecule has 0 aliphatic carbocycles. The van der Waals surface area contributed by atoms with Crippen molar-refractivity contribution in [3.8, 4) is 0 Å². The van der Waals surface area contributed by atoms with Gasteiger partial charge in [-0.15, -0.1) is 0 Å². The van der Waals surface area contributed by atoms with E-state index in [1.807, 2.05) is 27.0 Å². The van der Waals surface area contributed by atoms with E-state index in [0.717, 1.165) is 69.2 Å². The quantitative estimate of drug-likeness (QED) is 0.306. The van der Waals surface area contributed by atoms with Crippen molar-refractivity contribution >= 4 is 5.71 Å². The number of allylic oxidation sites excluding steroid dienone is 5. The minimum absolute atomic E-state index is 0.492. The zero-order valence-corrected chi connectivity index (χ0v) is 22.8. The Bertz CT molecular complexity index is 796. The predicted octanol–water partition coefficient (Wildman–Crippen LogP) is 7.85. The molecule has 1 saturated heterocycles. The first-order valence-corrected chi connectivity index (χ1v) is 12.8. The zero-order chi connectivity index (χ0) is 25.9. The van der Waals surface area contributed by atoms with Gasteiger partial charge in [0, 0.05) is 55.4 Å². The average Bonchev–Trinajstić information content (AvgIpc) is 2.84. The monoisotopic (exact) mass is 475 g/mol. The average molecular weight is 476 g/mol. The van der Waals surface area contributed by atoms with Gasteiger partial charge in [-0.25, -0.2) is 8.78 Å². The van der Waals surface area contributed by atoms with Crippen LogP contribution in [0.2, 0.25) is 0 Å². The Morgan fingerprint density at radius 3 is 2.09 bits per heavy atom. The molecule has 0 aromatic heterocycles. The lowest BCUT2D eigenvalue weighted by Crippen LogP contribution is -2.43. The summed E-state index contributed by atoms with van der Waals surface area (Å²) in [6, 6.07) is 3.62. The van der Waals surface area contributed by atoms with Gasteiger partial charge in [-0.3, -0.25) is 4.99 Å². The predicted molar refractivity (Wildman–Crippen MR) is 145 cm³/mol. The second-order valence-electron chi connectivity index (χ2n) is 7.90. The molecule has 1 fully saturated rings. The Morgan fingerprint density at radius 1 is 1.03 bits per heavy atom. The van der Waals surface area contributed by atoms with Gasteiger partial charge in [0.15, 0.2) is 0 Å². The number of nitrogens with one attached hydrogen (secondary N) is 1. The van der Waals surface area contributed by atoms with Crippen molar-refractivity contribution in [3.05, 3.63) is 70.6 Å². The van der Waals surface area contributed by atoms with E-state index in [9.17, 15) is 8.78 Å². The fourth-order valence-electron chi connectivity index (χ4n) is 3.79. The second kappa shape index (κ2) is 19.1. The van der Waals surface area contributed by atoms with Crippen molar-refractivity contribution in [2.45, 2.75) is 81.1 Å². The fraction of sp³-hybridized carbons (Fsp3) is 0.552. The standard InChI is InChI=1S/C18H31N3.C9H10F2.C2H6/c1-6-9-10-20-15(4)18(17(7-2)8-3)16(5)21-13-11-19-12-14-21;1-2-3-7-4-8(10)6-9(11)5-7;1-2/h7,9-10,19H,6,8,11-14H2,1-5H3;4-6H,2-3H2,1H3;1-2H3/b10-9+,17-7-,18-16-,20-15+;;. The van der Waals surface area contributed by atoms with E-state index >= 15 is 0 Å². The molecule has 34 heavy (non-hydrogen) atoms. The van der Waals surface area contributed by atoms with Crippen molar-refractivity contribution in [1.29, 1.82) is 0 Å². The van der Waals surface area contributed by atoms with Gasteiger partial charge in [-0.1, -0.05) is 53.2 Å². The third-order valence-electron chi connectivity index (χ3n) is 5.44. The third kappa shape index (κ3) is 11.7. The molecular formula is C29H47F2N3. The van der Waals surface area contributed by atoms with Crippen LogP contribution in [0, 0.1) is 11.6 Å². The molecule has 1 N–H and O–H groups in total. The molecule has 192 valence electrons. The van der Waals surface area contributed by atoms with E-state index in [2.05, 4.69) is 62.0 Å². The number of rotatable bonds is 8. The summed E-state index contributed by atoms with van der Waals surface area (Å²) >= 11 is 0. The SMILES string of the molecule is CC.CCCc1cc(F)cc(F)c1.C\C=C(CC)/C(C(/C)=N/C=C/CC)=C(/C)N1CCNCC1. The molecular weight excluding hydrogens is 428 g/mol. The van der Waals surface area contributed by atoms with E-state index in [1.165, 1.54) is 29.0 Å². The molecule has 0 saturated carbocycles. The molecule has 0 unspecified atom stereocenters. The molecule has 3 nitrogen and oxygen atoms in total. The van der Waals surface area contributed by atoms with Crippen LogP contribution in [-0.2, 0) is 6.42 Å². The topological polar surface area (TPSA) is 27.6 Å². The minimum atomic E-state index is -0.492. The Balaban J connectivity index is 0.000000701. The highest BCUT2D eigenvalue weighted by atomic mass is 19.1. The van der Waals surface area contributed by atoms with Crippen LogP contribution in [0.3, 0.4) is 0 Å². The summed E-state index contributed by atoms with van der Waals surface area (Å²) in [5.41, 5.74) is 5.91. The molecule has 1 aliphatic rings. The van der Waals surface area contributed by atoms with Crippen LogP contribution in [-0.4, -0.2) is 36.8 Å². The van der Waals surface area contributed by atoms with E-state index in [0.29, 0.717) is 0 Å². The first kappa shape index (κ1) is 31.7. The molecule has 0 radical (unpaired) electrons. The van der Waals surface area contributed by atoms with Crippen molar-refractivity contribution in [1.82, 2.24) is 10.2 Å². The Kier molecular flexibility index (Phi) is 17.8. The normalized spacial score (nSPS) is 15.3. The maximum absolute atomic E-state index is 12.5. The van der Waals surface area contributed by atoms with Crippen LogP contribution >= 0.6 is 0 Å². The Labute approximate surface area is 207 Å². The van der Waals surface area contributed by atoms with E-state index < -0.39 is 11.6 Å². The van der Waals surface area contributed by atoms with Gasteiger partial charge in [-0.2, -0.15) is 0 Å². The number of hydrogen-bond acceptors (Lipinski definition) is 3. The number of aryl methyl sites for hydroxylation is 1. The maximum atomic E-state index is 12.5. The first-order valence-electron chi connectivity index (χ1n) is 12.8. The van der Waals surface area contributed by atoms with Gasteiger partial charge >= 0.3 is 0 Å². The molecule has 0 atom stereocenters. The van der Waals surface area contributed by atoms with Gasteiger partial charge < -0.3 is 10.2 Å². The van der Waals surface area contributed by atoms with Gasteiger partial charge in [0.05, 0.1) is 0 Å². The van der Waals surface area contributed by atoms with Crippen molar-refractivity contribution in [3.63, 3.8) is 0 Å². The zero-order valence-electron chi connectivity index (χ0n) is 22.8. The summed E-state index contributed by atoms with van der Waals surface area (Å²) in [7, 11) is 0. The van der Waals surface area contributed by atoms with E-state index in [1.54, 1.807) is 0 Å². The number of hydrogen-bond donors (Lipinski definition) is 1. The molecule has 1 aliphatic heterocycles. The first-order chi connectivity index (χ1) is 16.4. The van der Waals surface area contributed by atoms with Crippen LogP contribution in [0.4, 0.5) is 8.78 Å². The van der Waals surface area contributed by atoms with E-state index in [4.69, 9.17) is 0 Å². The van der Waals surface area contributed by atoms with Crippen LogP contribution in [0.1, 0.15) is 80.2 Å². The lowest BCUT2D eigenvalue weighted by atomic mass is 9.96. The Morgan fingerprint density at radius 2 is 1.62 bits per heavy atom. The van der Waals surface area contributed by atoms with Crippen LogP contribution in [0.25, 0.3) is 0 Å². The van der Waals surface area contributed by atoms with Crippen LogP contribution in [0.5, 0.6) is 0 Å². The maximum Gasteiger partial charge on any atom is 0.126 e. The highest BCUT2D eigenvalue weighted by Crippen LogP contribution is 2.23. The summed E-state index contributed by atoms with van der Waals surface area (Å²) in [4.78, 5) is 7.12. The summed E-state index contributed by atoms with van der Waals surface area (Å²) in [5, 5.41) is 3.42. The van der Waals surface area contributed by atoms with Crippen molar-refractivity contribution in [2.75, 3.05) is 26.2 Å². The summed E-state index contributed by atoms with van der Waals surface area (Å²) in [6.07, 6.45) is 9.96. The summed E-state index contributed by atoms with van der Waals surface area (Å²) < 4.78 is 25.0.